The van der Waals surface area contributed by atoms with Gasteiger partial charge in [-0.2, -0.15) is 5.10 Å². The maximum Gasteiger partial charge on any atom is 0.195 e. The van der Waals surface area contributed by atoms with Crippen LogP contribution in [-0.2, 0) is 5.54 Å². The fourth-order valence-corrected chi connectivity index (χ4v) is 2.77. The van der Waals surface area contributed by atoms with Gasteiger partial charge < -0.3 is 0 Å². The van der Waals surface area contributed by atoms with Crippen molar-refractivity contribution in [2.24, 2.45) is 0 Å². The van der Waals surface area contributed by atoms with Gasteiger partial charge in [0.2, 0.25) is 0 Å². The molecule has 0 fully saturated rings. The van der Waals surface area contributed by atoms with E-state index in [0.29, 0.717) is 26.2 Å². The Labute approximate surface area is 121 Å². The van der Waals surface area contributed by atoms with Crippen LogP contribution in [0.5, 0.6) is 0 Å². The molecule has 1 aromatic carbocycles. The van der Waals surface area contributed by atoms with Crippen LogP contribution in [0.4, 0.5) is 0 Å². The third-order valence-corrected chi connectivity index (χ3v) is 3.43. The third kappa shape index (κ3) is 2.32. The maximum atomic E-state index is 6.21. The first-order valence-corrected chi connectivity index (χ1v) is 6.61. The van der Waals surface area contributed by atoms with Crippen molar-refractivity contribution in [1.29, 1.82) is 0 Å². The zero-order valence-corrected chi connectivity index (χ0v) is 12.6. The zero-order chi connectivity index (χ0) is 13.5. The molecule has 2 rings (SSSR count). The van der Waals surface area contributed by atoms with Crippen molar-refractivity contribution in [3.8, 4) is 11.4 Å². The Balaban J connectivity index is 2.78. The Morgan fingerprint density at radius 3 is 2.28 bits per heavy atom. The summed E-state index contributed by atoms with van der Waals surface area (Å²) in [5.41, 5.74) is 0.491. The highest BCUT2D eigenvalue weighted by molar-refractivity contribution is 7.71. The summed E-state index contributed by atoms with van der Waals surface area (Å²) in [6.07, 6.45) is 0. The van der Waals surface area contributed by atoms with Gasteiger partial charge in [-0.05, 0) is 45.1 Å². The van der Waals surface area contributed by atoms with Crippen LogP contribution in [0.3, 0.4) is 0 Å². The summed E-state index contributed by atoms with van der Waals surface area (Å²) < 4.78 is 2.46. The molecule has 6 heteroatoms. The molecule has 1 aromatic heterocycles. The lowest BCUT2D eigenvalue weighted by Gasteiger charge is -2.23. The van der Waals surface area contributed by atoms with Crippen molar-refractivity contribution < 1.29 is 0 Å². The van der Waals surface area contributed by atoms with Gasteiger partial charge in [-0.15, -0.1) is 0 Å². The first kappa shape index (κ1) is 13.6. The minimum Gasteiger partial charge on any atom is -0.295 e. The molecule has 0 unspecified atom stereocenters. The van der Waals surface area contributed by atoms with Gasteiger partial charge >= 0.3 is 0 Å². The minimum absolute atomic E-state index is 0.206. The van der Waals surface area contributed by atoms with E-state index in [2.05, 4.69) is 10.2 Å². The normalized spacial score (nSPS) is 11.8. The lowest BCUT2D eigenvalue weighted by Crippen LogP contribution is -2.23. The molecule has 2 aromatic rings. The van der Waals surface area contributed by atoms with Gasteiger partial charge in [0.25, 0.3) is 0 Å². The lowest BCUT2D eigenvalue weighted by atomic mass is 10.1. The molecule has 0 saturated heterocycles. The summed E-state index contributed by atoms with van der Waals surface area (Å²) in [6.45, 7) is 6.14. The molecule has 0 radical (unpaired) electrons. The fourth-order valence-electron chi connectivity index (χ4n) is 1.80. The van der Waals surface area contributed by atoms with E-state index < -0.39 is 0 Å². The molecule has 1 heterocycles. The highest BCUT2D eigenvalue weighted by Crippen LogP contribution is 2.35. The Morgan fingerprint density at radius 1 is 1.22 bits per heavy atom. The second-order valence-electron chi connectivity index (χ2n) is 4.96. The fraction of sp³-hybridized carbons (Fsp3) is 0.333. The summed E-state index contributed by atoms with van der Waals surface area (Å²) in [5.74, 6) is 0.656. The SMILES string of the molecule is CC(C)(C)n1c(-c2c(Cl)cccc2Cl)n[nH]c1=S. The van der Waals surface area contributed by atoms with Crippen molar-refractivity contribution >= 4 is 35.4 Å². The van der Waals surface area contributed by atoms with E-state index in [0.717, 1.165) is 0 Å². The average molecular weight is 302 g/mol. The number of hydrogen-bond donors (Lipinski definition) is 1. The van der Waals surface area contributed by atoms with E-state index in [1.807, 2.05) is 25.3 Å². The van der Waals surface area contributed by atoms with E-state index in [-0.39, 0.29) is 5.54 Å². The number of aromatic nitrogens is 3. The summed E-state index contributed by atoms with van der Waals surface area (Å²) in [6, 6.07) is 5.37. The van der Waals surface area contributed by atoms with E-state index in [4.69, 9.17) is 35.4 Å². The first-order valence-electron chi connectivity index (χ1n) is 5.44. The number of benzene rings is 1. The second-order valence-corrected chi connectivity index (χ2v) is 6.16. The van der Waals surface area contributed by atoms with Crippen LogP contribution in [-0.4, -0.2) is 14.8 Å². The lowest BCUT2D eigenvalue weighted by molar-refractivity contribution is 0.395. The molecule has 0 aliphatic rings. The summed E-state index contributed by atoms with van der Waals surface area (Å²) in [7, 11) is 0. The largest absolute Gasteiger partial charge is 0.295 e. The van der Waals surface area contributed by atoms with Gasteiger partial charge in [0.05, 0.1) is 15.6 Å². The highest BCUT2D eigenvalue weighted by Gasteiger charge is 2.23. The van der Waals surface area contributed by atoms with Gasteiger partial charge in [0.1, 0.15) is 0 Å². The highest BCUT2D eigenvalue weighted by atomic mass is 35.5. The van der Waals surface area contributed by atoms with E-state index in [9.17, 15) is 0 Å². The molecular weight excluding hydrogens is 289 g/mol. The molecule has 96 valence electrons. The van der Waals surface area contributed by atoms with Crippen LogP contribution < -0.4 is 0 Å². The third-order valence-electron chi connectivity index (χ3n) is 2.53. The average Bonchev–Trinajstić information content (AvgIpc) is 2.59. The molecule has 18 heavy (non-hydrogen) atoms. The van der Waals surface area contributed by atoms with Gasteiger partial charge in [0.15, 0.2) is 10.6 Å². The monoisotopic (exact) mass is 301 g/mol. The van der Waals surface area contributed by atoms with Gasteiger partial charge in [-0.3, -0.25) is 9.67 Å². The molecule has 0 aliphatic heterocycles. The summed E-state index contributed by atoms with van der Waals surface area (Å²) in [5, 5.41) is 8.16. The quantitative estimate of drug-likeness (QED) is 0.777. The molecule has 0 amide bonds. The van der Waals surface area contributed by atoms with Gasteiger partial charge in [0, 0.05) is 5.54 Å². The van der Waals surface area contributed by atoms with Crippen molar-refractivity contribution in [3.63, 3.8) is 0 Å². The Bertz CT molecular complexity index is 617. The number of hydrogen-bond acceptors (Lipinski definition) is 2. The molecule has 0 spiro atoms. The first-order chi connectivity index (χ1) is 8.32. The van der Waals surface area contributed by atoms with Crippen molar-refractivity contribution in [2.75, 3.05) is 0 Å². The van der Waals surface area contributed by atoms with Gasteiger partial charge in [-0.1, -0.05) is 29.3 Å². The Morgan fingerprint density at radius 2 is 1.78 bits per heavy atom. The molecule has 3 nitrogen and oxygen atoms in total. The van der Waals surface area contributed by atoms with Crippen LogP contribution in [0.2, 0.25) is 10.0 Å². The Hall–Kier alpha value is -0.840. The van der Waals surface area contributed by atoms with Gasteiger partial charge in [-0.25, -0.2) is 0 Å². The van der Waals surface area contributed by atoms with Crippen LogP contribution in [0.25, 0.3) is 11.4 Å². The standard InChI is InChI=1S/C12H13Cl2N3S/c1-12(2,3)17-10(15-16-11(17)18)9-7(13)5-4-6-8(9)14/h4-6H,1-3H3,(H,16,18). The number of nitrogens with one attached hydrogen (secondary N) is 1. The van der Waals surface area contributed by atoms with Crippen molar-refractivity contribution in [1.82, 2.24) is 14.8 Å². The van der Waals surface area contributed by atoms with Crippen LogP contribution in [0, 0.1) is 4.77 Å². The van der Waals surface area contributed by atoms with E-state index in [1.54, 1.807) is 18.2 Å². The van der Waals surface area contributed by atoms with Crippen molar-refractivity contribution in [2.45, 2.75) is 26.3 Å². The Kier molecular flexibility index (Phi) is 3.54. The predicted molar refractivity (Wildman–Crippen MR) is 77.9 cm³/mol. The number of rotatable bonds is 1. The topological polar surface area (TPSA) is 33.6 Å². The molecule has 1 N–H and O–H groups in total. The molecular formula is C12H13Cl2N3S. The molecule has 0 aliphatic carbocycles. The van der Waals surface area contributed by atoms with E-state index >= 15 is 0 Å². The molecule has 0 bridgehead atoms. The maximum absolute atomic E-state index is 6.21. The van der Waals surface area contributed by atoms with Crippen LogP contribution in [0.15, 0.2) is 18.2 Å². The molecule has 0 saturated carbocycles. The zero-order valence-electron chi connectivity index (χ0n) is 10.3. The van der Waals surface area contributed by atoms with Crippen LogP contribution in [0.1, 0.15) is 20.8 Å². The minimum atomic E-state index is -0.206. The van der Waals surface area contributed by atoms with Crippen molar-refractivity contribution in [3.05, 3.63) is 33.0 Å². The summed E-state index contributed by atoms with van der Waals surface area (Å²) >= 11 is 17.7. The molecule has 0 atom stereocenters. The summed E-state index contributed by atoms with van der Waals surface area (Å²) in [4.78, 5) is 0. The second kappa shape index (κ2) is 4.68. The predicted octanol–water partition coefficient (Wildman–Crippen LogP) is 4.67. The number of aromatic amines is 1. The number of H-pyrrole nitrogens is 1. The number of nitrogens with zero attached hydrogens (tertiary/aromatic N) is 2. The van der Waals surface area contributed by atoms with E-state index in [1.165, 1.54) is 0 Å². The smallest absolute Gasteiger partial charge is 0.195 e. The number of halogens is 2. The van der Waals surface area contributed by atoms with Crippen LogP contribution >= 0.6 is 35.4 Å².